The molecule has 0 bridgehead atoms. The van der Waals surface area contributed by atoms with Gasteiger partial charge in [0.2, 0.25) is 5.91 Å². The second-order valence-corrected chi connectivity index (χ2v) is 7.90. The lowest BCUT2D eigenvalue weighted by Gasteiger charge is -2.31. The van der Waals surface area contributed by atoms with Crippen LogP contribution in [0.25, 0.3) is 0 Å². The number of carbonyl (C=O) groups excluding carboxylic acids is 2. The summed E-state index contributed by atoms with van der Waals surface area (Å²) in [6, 6.07) is 11.9. The van der Waals surface area contributed by atoms with Crippen molar-refractivity contribution in [3.8, 4) is 11.5 Å². The molecule has 8 heteroatoms. The Morgan fingerprint density at radius 2 is 1.62 bits per heavy atom. The number of nitrogens with one attached hydrogen (secondary N) is 2. The van der Waals surface area contributed by atoms with E-state index in [9.17, 15) is 9.59 Å². The highest BCUT2D eigenvalue weighted by molar-refractivity contribution is 6.02. The van der Waals surface area contributed by atoms with Gasteiger partial charge in [0.15, 0.2) is 0 Å². The first-order valence-electron chi connectivity index (χ1n) is 10.7. The Hall–Kier alpha value is -3.26. The summed E-state index contributed by atoms with van der Waals surface area (Å²) in [6.07, 6.45) is 0. The van der Waals surface area contributed by atoms with Gasteiger partial charge in [-0.25, -0.2) is 0 Å². The highest BCUT2D eigenvalue weighted by Crippen LogP contribution is 2.27. The second-order valence-electron chi connectivity index (χ2n) is 7.90. The Bertz CT molecular complexity index is 919. The minimum absolute atomic E-state index is 0.123. The van der Waals surface area contributed by atoms with Crippen molar-refractivity contribution in [1.29, 1.82) is 0 Å². The maximum absolute atomic E-state index is 13.2. The van der Waals surface area contributed by atoms with Crippen LogP contribution in [0.4, 0.5) is 11.4 Å². The normalized spacial score (nSPS) is 14.6. The molecule has 8 nitrogen and oxygen atoms in total. The zero-order chi connectivity index (χ0) is 23.1. The van der Waals surface area contributed by atoms with Gasteiger partial charge in [-0.05, 0) is 30.2 Å². The number of hydrogen-bond donors (Lipinski definition) is 2. The number of anilines is 2. The van der Waals surface area contributed by atoms with Gasteiger partial charge in [0.1, 0.15) is 17.5 Å². The van der Waals surface area contributed by atoms with Crippen LogP contribution in [0.3, 0.4) is 0 Å². The van der Waals surface area contributed by atoms with Gasteiger partial charge in [-0.15, -0.1) is 0 Å². The van der Waals surface area contributed by atoms with E-state index in [1.54, 1.807) is 18.2 Å². The molecule has 1 atom stereocenters. The molecule has 172 valence electrons. The number of carbonyl (C=O) groups is 2. The van der Waals surface area contributed by atoms with Crippen LogP contribution in [-0.4, -0.2) is 58.4 Å². The lowest BCUT2D eigenvalue weighted by atomic mass is 10.0. The van der Waals surface area contributed by atoms with Crippen LogP contribution in [-0.2, 0) is 9.53 Å². The Morgan fingerprint density at radius 1 is 1.00 bits per heavy atom. The zero-order valence-corrected chi connectivity index (χ0v) is 19.0. The van der Waals surface area contributed by atoms with Crippen molar-refractivity contribution in [2.75, 3.05) is 50.7 Å². The molecule has 2 aromatic rings. The van der Waals surface area contributed by atoms with Gasteiger partial charge >= 0.3 is 0 Å². The van der Waals surface area contributed by atoms with Crippen LogP contribution < -0.4 is 25.0 Å². The van der Waals surface area contributed by atoms with E-state index in [-0.39, 0.29) is 17.7 Å². The number of benzene rings is 2. The monoisotopic (exact) mass is 441 g/mol. The summed E-state index contributed by atoms with van der Waals surface area (Å²) in [5.41, 5.74) is 2.01. The van der Waals surface area contributed by atoms with Crippen LogP contribution in [0.1, 0.15) is 24.2 Å². The van der Waals surface area contributed by atoms with Crippen molar-refractivity contribution in [3.05, 3.63) is 48.0 Å². The highest BCUT2D eigenvalue weighted by atomic mass is 16.5. The maximum atomic E-state index is 13.2. The molecule has 1 aliphatic heterocycles. The molecule has 1 saturated heterocycles. The summed E-state index contributed by atoms with van der Waals surface area (Å²) >= 11 is 0. The lowest BCUT2D eigenvalue weighted by molar-refractivity contribution is -0.118. The van der Waals surface area contributed by atoms with Crippen LogP contribution in [0.5, 0.6) is 11.5 Å². The third-order valence-corrected chi connectivity index (χ3v) is 5.36. The summed E-state index contributed by atoms with van der Waals surface area (Å²) in [5.74, 6) is 0.224. The van der Waals surface area contributed by atoms with Crippen LogP contribution in [0.15, 0.2) is 42.5 Å². The van der Waals surface area contributed by atoms with Crippen molar-refractivity contribution in [2.45, 2.75) is 19.9 Å². The van der Waals surface area contributed by atoms with Gasteiger partial charge in [0, 0.05) is 24.7 Å². The van der Waals surface area contributed by atoms with Crippen LogP contribution >= 0.6 is 0 Å². The summed E-state index contributed by atoms with van der Waals surface area (Å²) in [6.45, 7) is 6.60. The molecule has 2 amide bonds. The lowest BCUT2D eigenvalue weighted by Crippen LogP contribution is -2.47. The molecule has 0 aromatic heterocycles. The third-order valence-electron chi connectivity index (χ3n) is 5.36. The summed E-state index contributed by atoms with van der Waals surface area (Å²) in [4.78, 5) is 28.3. The summed E-state index contributed by atoms with van der Waals surface area (Å²) in [5, 5.41) is 5.86. The number of nitrogens with zero attached hydrogens (tertiary/aromatic N) is 1. The quantitative estimate of drug-likeness (QED) is 0.655. The van der Waals surface area contributed by atoms with Gasteiger partial charge in [-0.3, -0.25) is 9.59 Å². The van der Waals surface area contributed by atoms with E-state index >= 15 is 0 Å². The summed E-state index contributed by atoms with van der Waals surface area (Å²) < 4.78 is 15.9. The first-order chi connectivity index (χ1) is 15.4. The number of ether oxygens (including phenoxy) is 3. The summed E-state index contributed by atoms with van der Waals surface area (Å²) in [7, 11) is 3.04. The largest absolute Gasteiger partial charge is 0.497 e. The molecule has 0 saturated carbocycles. The number of rotatable bonds is 8. The number of para-hydroxylation sites is 2. The first-order valence-corrected chi connectivity index (χ1v) is 10.7. The zero-order valence-electron chi connectivity index (χ0n) is 19.0. The molecule has 1 fully saturated rings. The second kappa shape index (κ2) is 10.9. The molecular formula is C24H31N3O5. The number of methoxy groups -OCH3 is 2. The van der Waals surface area contributed by atoms with E-state index in [4.69, 9.17) is 14.2 Å². The number of morpholine rings is 1. The van der Waals surface area contributed by atoms with Crippen molar-refractivity contribution >= 4 is 23.2 Å². The van der Waals surface area contributed by atoms with Gasteiger partial charge in [-0.2, -0.15) is 0 Å². The average molecular weight is 442 g/mol. The standard InChI is InChI=1S/C24H31N3O5/c1-16(2)22(26-23(28)17-13-18(30-3)15-19(14-17)31-4)24(29)25-20-7-5-6-8-21(20)27-9-11-32-12-10-27/h5-8,13-16,22H,9-12H2,1-4H3,(H,25,29)(H,26,28)/t22-/m1/s1. The molecule has 32 heavy (non-hydrogen) atoms. The maximum Gasteiger partial charge on any atom is 0.252 e. The number of hydrogen-bond acceptors (Lipinski definition) is 6. The molecule has 2 aromatic carbocycles. The highest BCUT2D eigenvalue weighted by Gasteiger charge is 2.26. The molecule has 1 heterocycles. The Kier molecular flexibility index (Phi) is 7.94. The Balaban J connectivity index is 1.77. The van der Waals surface area contributed by atoms with E-state index in [0.717, 1.165) is 18.8 Å². The predicted octanol–water partition coefficient (Wildman–Crippen LogP) is 2.93. The van der Waals surface area contributed by atoms with Crippen LogP contribution in [0.2, 0.25) is 0 Å². The van der Waals surface area contributed by atoms with Crippen molar-refractivity contribution in [1.82, 2.24) is 5.32 Å². The first kappa shape index (κ1) is 23.4. The van der Waals surface area contributed by atoms with E-state index < -0.39 is 6.04 Å². The fourth-order valence-corrected chi connectivity index (χ4v) is 3.57. The van der Waals surface area contributed by atoms with E-state index in [2.05, 4.69) is 15.5 Å². The fourth-order valence-electron chi connectivity index (χ4n) is 3.57. The van der Waals surface area contributed by atoms with Gasteiger partial charge in [-0.1, -0.05) is 26.0 Å². The minimum atomic E-state index is -0.725. The average Bonchev–Trinajstić information content (AvgIpc) is 2.82. The molecule has 1 aliphatic rings. The van der Waals surface area contributed by atoms with Gasteiger partial charge in [0.05, 0.1) is 38.8 Å². The van der Waals surface area contributed by atoms with Gasteiger partial charge < -0.3 is 29.7 Å². The Labute approximate surface area is 188 Å². The molecule has 2 N–H and O–H groups in total. The van der Waals surface area contributed by atoms with E-state index in [1.165, 1.54) is 14.2 Å². The predicted molar refractivity (Wildman–Crippen MR) is 124 cm³/mol. The van der Waals surface area contributed by atoms with Gasteiger partial charge in [0.25, 0.3) is 5.91 Å². The smallest absolute Gasteiger partial charge is 0.252 e. The number of amides is 2. The molecule has 0 spiro atoms. The van der Waals surface area contributed by atoms with E-state index in [1.807, 2.05) is 38.1 Å². The SMILES string of the molecule is COc1cc(OC)cc(C(=O)N[C@@H](C(=O)Nc2ccccc2N2CCOCC2)C(C)C)c1. The van der Waals surface area contributed by atoms with E-state index in [0.29, 0.717) is 36.0 Å². The molecular weight excluding hydrogens is 410 g/mol. The molecule has 0 radical (unpaired) electrons. The van der Waals surface area contributed by atoms with Crippen molar-refractivity contribution in [3.63, 3.8) is 0 Å². The Morgan fingerprint density at radius 3 is 2.22 bits per heavy atom. The minimum Gasteiger partial charge on any atom is -0.497 e. The fraction of sp³-hybridized carbons (Fsp3) is 0.417. The third kappa shape index (κ3) is 5.70. The molecule has 3 rings (SSSR count). The molecule has 0 unspecified atom stereocenters. The van der Waals surface area contributed by atoms with Crippen molar-refractivity contribution < 1.29 is 23.8 Å². The topological polar surface area (TPSA) is 89.1 Å². The van der Waals surface area contributed by atoms with Crippen LogP contribution in [0, 0.1) is 5.92 Å². The molecule has 0 aliphatic carbocycles. The van der Waals surface area contributed by atoms with Crippen molar-refractivity contribution in [2.24, 2.45) is 5.92 Å².